The number of rotatable bonds is 4. The lowest BCUT2D eigenvalue weighted by atomic mass is 10.3. The highest BCUT2D eigenvalue weighted by atomic mass is 16.2. The van der Waals surface area contributed by atoms with E-state index in [4.69, 9.17) is 0 Å². The van der Waals surface area contributed by atoms with Crippen LogP contribution < -0.4 is 10.6 Å². The molecule has 1 aliphatic rings. The molecule has 0 aromatic rings. The Balaban J connectivity index is 2.20. The van der Waals surface area contributed by atoms with Crippen molar-refractivity contribution in [3.8, 4) is 0 Å². The Morgan fingerprint density at radius 2 is 2.27 bits per heavy atom. The molecule has 1 fully saturated rings. The van der Waals surface area contributed by atoms with E-state index in [1.165, 1.54) is 0 Å². The average Bonchev–Trinajstić information content (AvgIpc) is 2.43. The zero-order valence-electron chi connectivity index (χ0n) is 9.51. The first-order valence-corrected chi connectivity index (χ1v) is 5.52. The van der Waals surface area contributed by atoms with Gasteiger partial charge in [0.15, 0.2) is 0 Å². The number of hydrogen-bond acceptors (Lipinski definition) is 3. The normalized spacial score (nSPS) is 18.2. The van der Waals surface area contributed by atoms with Gasteiger partial charge in [-0.2, -0.15) is 0 Å². The highest BCUT2D eigenvalue weighted by Gasteiger charge is 2.11. The summed E-state index contributed by atoms with van der Waals surface area (Å²) >= 11 is 0. The molecule has 1 heterocycles. The molecule has 86 valence electrons. The molecule has 0 atom stereocenters. The highest BCUT2D eigenvalue weighted by Crippen LogP contribution is 1.94. The second-order valence-corrected chi connectivity index (χ2v) is 4.11. The molecule has 0 saturated carbocycles. The third-order valence-corrected chi connectivity index (χ3v) is 2.39. The van der Waals surface area contributed by atoms with Gasteiger partial charge in [-0.1, -0.05) is 12.2 Å². The van der Waals surface area contributed by atoms with Crippen LogP contribution in [-0.2, 0) is 4.79 Å². The summed E-state index contributed by atoms with van der Waals surface area (Å²) in [6, 6.07) is 0. The van der Waals surface area contributed by atoms with Crippen molar-refractivity contribution in [2.75, 3.05) is 39.3 Å². The average molecular weight is 211 g/mol. The van der Waals surface area contributed by atoms with E-state index in [2.05, 4.69) is 22.1 Å². The van der Waals surface area contributed by atoms with Crippen molar-refractivity contribution in [1.29, 1.82) is 0 Å². The minimum Gasteiger partial charge on any atom is -0.351 e. The van der Waals surface area contributed by atoms with Crippen LogP contribution in [0.1, 0.15) is 13.3 Å². The molecule has 1 amide bonds. The van der Waals surface area contributed by atoms with E-state index >= 15 is 0 Å². The fraction of sp³-hybridized carbons (Fsp3) is 0.727. The molecule has 2 N–H and O–H groups in total. The van der Waals surface area contributed by atoms with Crippen LogP contribution in [0.5, 0.6) is 0 Å². The zero-order chi connectivity index (χ0) is 11.1. The van der Waals surface area contributed by atoms with Crippen molar-refractivity contribution >= 4 is 5.91 Å². The van der Waals surface area contributed by atoms with Gasteiger partial charge in [0.05, 0.1) is 6.54 Å². The van der Waals surface area contributed by atoms with Crippen LogP contribution in [0.2, 0.25) is 0 Å². The van der Waals surface area contributed by atoms with Crippen LogP contribution >= 0.6 is 0 Å². The summed E-state index contributed by atoms with van der Waals surface area (Å²) in [4.78, 5) is 13.7. The summed E-state index contributed by atoms with van der Waals surface area (Å²) in [6.45, 7) is 10.8. The molecular weight excluding hydrogens is 190 g/mol. The maximum atomic E-state index is 11.5. The van der Waals surface area contributed by atoms with E-state index < -0.39 is 0 Å². The van der Waals surface area contributed by atoms with Gasteiger partial charge >= 0.3 is 0 Å². The Bertz CT molecular complexity index is 220. The minimum absolute atomic E-state index is 0.0971. The number of nitrogens with zero attached hydrogens (tertiary/aromatic N) is 1. The van der Waals surface area contributed by atoms with E-state index in [1.807, 2.05) is 6.92 Å². The van der Waals surface area contributed by atoms with Gasteiger partial charge in [0.1, 0.15) is 0 Å². The van der Waals surface area contributed by atoms with Crippen LogP contribution in [0.4, 0.5) is 0 Å². The number of hydrogen-bond donors (Lipinski definition) is 2. The van der Waals surface area contributed by atoms with Gasteiger partial charge < -0.3 is 10.6 Å². The standard InChI is InChI=1S/C11H21N3O/c1-10(2)8-13-11(15)9-14-6-3-4-12-5-7-14/h12H,1,3-9H2,2H3,(H,13,15). The molecule has 0 spiro atoms. The van der Waals surface area contributed by atoms with Gasteiger partial charge in [0.2, 0.25) is 5.91 Å². The van der Waals surface area contributed by atoms with E-state index in [1.54, 1.807) is 0 Å². The summed E-state index contributed by atoms with van der Waals surface area (Å²) in [5.41, 5.74) is 0.987. The van der Waals surface area contributed by atoms with Crippen molar-refractivity contribution in [3.63, 3.8) is 0 Å². The van der Waals surface area contributed by atoms with Gasteiger partial charge in [-0.15, -0.1) is 0 Å². The number of carbonyl (C=O) groups is 1. The van der Waals surface area contributed by atoms with Crippen molar-refractivity contribution < 1.29 is 4.79 Å². The topological polar surface area (TPSA) is 44.4 Å². The fourth-order valence-corrected chi connectivity index (χ4v) is 1.57. The summed E-state index contributed by atoms with van der Waals surface area (Å²) < 4.78 is 0. The first-order chi connectivity index (χ1) is 7.18. The smallest absolute Gasteiger partial charge is 0.234 e. The first kappa shape index (κ1) is 12.2. The minimum atomic E-state index is 0.0971. The van der Waals surface area contributed by atoms with Crippen LogP contribution in [0.15, 0.2) is 12.2 Å². The van der Waals surface area contributed by atoms with Gasteiger partial charge in [-0.3, -0.25) is 9.69 Å². The molecule has 0 aliphatic carbocycles. The summed E-state index contributed by atoms with van der Waals surface area (Å²) in [5, 5.41) is 6.16. The molecule has 4 nitrogen and oxygen atoms in total. The molecule has 1 aliphatic heterocycles. The third-order valence-electron chi connectivity index (χ3n) is 2.39. The molecular formula is C11H21N3O. The molecule has 0 aromatic heterocycles. The number of nitrogens with one attached hydrogen (secondary N) is 2. The van der Waals surface area contributed by atoms with Crippen LogP contribution in [-0.4, -0.2) is 50.1 Å². The number of carbonyl (C=O) groups excluding carboxylic acids is 1. The Morgan fingerprint density at radius 1 is 1.47 bits per heavy atom. The summed E-state index contributed by atoms with van der Waals surface area (Å²) in [5.74, 6) is 0.0971. The van der Waals surface area contributed by atoms with Crippen LogP contribution in [0, 0.1) is 0 Å². The second-order valence-electron chi connectivity index (χ2n) is 4.11. The Hall–Kier alpha value is -0.870. The van der Waals surface area contributed by atoms with Gasteiger partial charge in [0.25, 0.3) is 0 Å². The van der Waals surface area contributed by atoms with Gasteiger partial charge in [-0.05, 0) is 26.4 Å². The summed E-state index contributed by atoms with van der Waals surface area (Å²) in [7, 11) is 0. The zero-order valence-corrected chi connectivity index (χ0v) is 9.51. The molecule has 1 rings (SSSR count). The highest BCUT2D eigenvalue weighted by molar-refractivity contribution is 5.78. The Labute approximate surface area is 91.7 Å². The Kier molecular flexibility index (Phi) is 5.36. The maximum absolute atomic E-state index is 11.5. The molecule has 0 unspecified atom stereocenters. The van der Waals surface area contributed by atoms with Crippen molar-refractivity contribution in [3.05, 3.63) is 12.2 Å². The van der Waals surface area contributed by atoms with E-state index in [9.17, 15) is 4.79 Å². The van der Waals surface area contributed by atoms with Crippen molar-refractivity contribution in [1.82, 2.24) is 15.5 Å². The van der Waals surface area contributed by atoms with E-state index in [-0.39, 0.29) is 5.91 Å². The Morgan fingerprint density at radius 3 is 3.00 bits per heavy atom. The maximum Gasteiger partial charge on any atom is 0.234 e. The molecule has 15 heavy (non-hydrogen) atoms. The largest absolute Gasteiger partial charge is 0.351 e. The first-order valence-electron chi connectivity index (χ1n) is 5.52. The van der Waals surface area contributed by atoms with Gasteiger partial charge in [0, 0.05) is 19.6 Å². The van der Waals surface area contributed by atoms with E-state index in [0.29, 0.717) is 13.1 Å². The fourth-order valence-electron chi connectivity index (χ4n) is 1.57. The van der Waals surface area contributed by atoms with Crippen molar-refractivity contribution in [2.45, 2.75) is 13.3 Å². The molecule has 0 aromatic carbocycles. The monoisotopic (exact) mass is 211 g/mol. The van der Waals surface area contributed by atoms with Crippen LogP contribution in [0.25, 0.3) is 0 Å². The molecule has 4 heteroatoms. The molecule has 0 radical (unpaired) electrons. The van der Waals surface area contributed by atoms with Gasteiger partial charge in [-0.25, -0.2) is 0 Å². The second kappa shape index (κ2) is 6.58. The lowest BCUT2D eigenvalue weighted by Gasteiger charge is -2.18. The number of amides is 1. The summed E-state index contributed by atoms with van der Waals surface area (Å²) in [6.07, 6.45) is 1.12. The molecule has 1 saturated heterocycles. The molecule has 0 bridgehead atoms. The lowest BCUT2D eigenvalue weighted by molar-refractivity contribution is -0.122. The predicted molar refractivity (Wildman–Crippen MR) is 61.8 cm³/mol. The SMILES string of the molecule is C=C(C)CNC(=O)CN1CCCNCC1. The lowest BCUT2D eigenvalue weighted by Crippen LogP contribution is -2.39. The third kappa shape index (κ3) is 5.54. The quantitative estimate of drug-likeness (QED) is 0.642. The van der Waals surface area contributed by atoms with E-state index in [0.717, 1.165) is 38.2 Å². The van der Waals surface area contributed by atoms with Crippen molar-refractivity contribution in [2.24, 2.45) is 0 Å². The van der Waals surface area contributed by atoms with Crippen LogP contribution in [0.3, 0.4) is 0 Å². The predicted octanol–water partition coefficient (Wildman–Crippen LogP) is -0.0260.